The van der Waals surface area contributed by atoms with Gasteiger partial charge in [0.05, 0.1) is 12.5 Å². The Morgan fingerprint density at radius 3 is 2.15 bits per heavy atom. The average Bonchev–Trinajstić information content (AvgIpc) is 3.17. The van der Waals surface area contributed by atoms with E-state index in [1.807, 2.05) is 36.4 Å². The summed E-state index contributed by atoms with van der Waals surface area (Å²) >= 11 is 0. The van der Waals surface area contributed by atoms with Gasteiger partial charge < -0.3 is 24.8 Å². The molecular formula is C25H26N2O6. The average molecular weight is 450 g/mol. The van der Waals surface area contributed by atoms with E-state index in [4.69, 9.17) is 9.47 Å². The summed E-state index contributed by atoms with van der Waals surface area (Å²) in [7, 11) is 1.46. The molecule has 1 heterocycles. The van der Waals surface area contributed by atoms with Crippen molar-refractivity contribution in [2.75, 3.05) is 33.4 Å². The number of benzene rings is 2. The van der Waals surface area contributed by atoms with E-state index < -0.39 is 18.1 Å². The van der Waals surface area contributed by atoms with Crippen LogP contribution in [-0.2, 0) is 19.1 Å². The van der Waals surface area contributed by atoms with E-state index in [0.717, 1.165) is 22.3 Å². The molecule has 1 saturated carbocycles. The lowest BCUT2D eigenvalue weighted by Gasteiger charge is -2.25. The Balaban J connectivity index is 1.20. The Labute approximate surface area is 191 Å². The summed E-state index contributed by atoms with van der Waals surface area (Å²) in [4.78, 5) is 38.3. The molecule has 2 aliphatic carbocycles. The Bertz CT molecular complexity index is 1040. The van der Waals surface area contributed by atoms with Crippen LogP contribution in [0, 0.1) is 17.8 Å². The van der Waals surface area contributed by atoms with Gasteiger partial charge in [0.1, 0.15) is 12.6 Å². The van der Waals surface area contributed by atoms with Crippen LogP contribution in [-0.4, -0.2) is 67.4 Å². The molecule has 2 fully saturated rings. The molecule has 1 aliphatic heterocycles. The maximum Gasteiger partial charge on any atom is 0.407 e. The lowest BCUT2D eigenvalue weighted by atomic mass is 9.98. The number of carbonyl (C=O) groups excluding carboxylic acids is 2. The monoisotopic (exact) mass is 450 g/mol. The molecule has 2 aromatic rings. The normalized spacial score (nSPS) is 23.3. The third-order valence-electron chi connectivity index (χ3n) is 7.06. The highest BCUT2D eigenvalue weighted by molar-refractivity contribution is 5.87. The van der Waals surface area contributed by atoms with Crippen molar-refractivity contribution in [3.8, 4) is 11.1 Å². The molecule has 5 rings (SSSR count). The summed E-state index contributed by atoms with van der Waals surface area (Å²) in [6.07, 6.45) is -0.681. The molecule has 2 unspecified atom stereocenters. The molecule has 8 heteroatoms. The first-order chi connectivity index (χ1) is 16.0. The van der Waals surface area contributed by atoms with Crippen molar-refractivity contribution in [2.24, 2.45) is 17.8 Å². The fraction of sp³-hybridized carbons (Fsp3) is 0.400. The SMILES string of the molecule is COCC(NC(=O)OCC1c2ccccc2-c2ccccc21)C(=O)N1C[C@@H]2C(C(=O)O)[C@@H]2C1. The van der Waals surface area contributed by atoms with Gasteiger partial charge in [-0.15, -0.1) is 0 Å². The van der Waals surface area contributed by atoms with E-state index in [9.17, 15) is 19.5 Å². The van der Waals surface area contributed by atoms with Crippen molar-refractivity contribution < 1.29 is 29.0 Å². The molecule has 172 valence electrons. The summed E-state index contributed by atoms with van der Waals surface area (Å²) in [5.74, 6) is -1.50. The maximum absolute atomic E-state index is 12.9. The number of nitrogens with one attached hydrogen (secondary N) is 1. The molecule has 0 radical (unpaired) electrons. The minimum absolute atomic E-state index is 0.00380. The van der Waals surface area contributed by atoms with Crippen LogP contribution in [0.1, 0.15) is 17.0 Å². The van der Waals surface area contributed by atoms with Crippen LogP contribution in [0.15, 0.2) is 48.5 Å². The van der Waals surface area contributed by atoms with Crippen LogP contribution < -0.4 is 5.32 Å². The quantitative estimate of drug-likeness (QED) is 0.671. The second kappa shape index (κ2) is 8.51. The zero-order valence-corrected chi connectivity index (χ0v) is 18.3. The topological polar surface area (TPSA) is 105 Å². The third kappa shape index (κ3) is 3.84. The number of rotatable bonds is 7. The van der Waals surface area contributed by atoms with Gasteiger partial charge in [-0.05, 0) is 34.1 Å². The molecule has 8 nitrogen and oxygen atoms in total. The van der Waals surface area contributed by atoms with Crippen molar-refractivity contribution in [3.63, 3.8) is 0 Å². The number of aliphatic carboxylic acids is 1. The first-order valence-electron chi connectivity index (χ1n) is 11.1. The molecule has 0 spiro atoms. The molecule has 0 aromatic heterocycles. The highest BCUT2D eigenvalue weighted by Crippen LogP contribution is 2.51. The number of hydrogen-bond acceptors (Lipinski definition) is 5. The number of amides is 2. The highest BCUT2D eigenvalue weighted by Gasteiger charge is 2.60. The summed E-state index contributed by atoms with van der Waals surface area (Å²) in [5, 5.41) is 11.8. The highest BCUT2D eigenvalue weighted by atomic mass is 16.5. The van der Waals surface area contributed by atoms with Gasteiger partial charge in [0.25, 0.3) is 0 Å². The van der Waals surface area contributed by atoms with E-state index in [2.05, 4.69) is 17.4 Å². The zero-order valence-electron chi connectivity index (χ0n) is 18.3. The molecule has 2 N–H and O–H groups in total. The summed E-state index contributed by atoms with van der Waals surface area (Å²) in [6.45, 7) is 0.958. The number of methoxy groups -OCH3 is 1. The predicted octanol–water partition coefficient (Wildman–Crippen LogP) is 2.33. The Hall–Kier alpha value is -3.39. The van der Waals surface area contributed by atoms with Crippen LogP contribution in [0.25, 0.3) is 11.1 Å². The number of fused-ring (bicyclic) bond motifs is 4. The molecule has 4 atom stereocenters. The second-order valence-corrected chi connectivity index (χ2v) is 8.91. The van der Waals surface area contributed by atoms with Gasteiger partial charge in [-0.3, -0.25) is 9.59 Å². The zero-order chi connectivity index (χ0) is 23.1. The fourth-order valence-electron chi connectivity index (χ4n) is 5.42. The van der Waals surface area contributed by atoms with Crippen LogP contribution in [0.5, 0.6) is 0 Å². The van der Waals surface area contributed by atoms with E-state index in [-0.39, 0.29) is 42.8 Å². The van der Waals surface area contributed by atoms with Crippen LogP contribution in [0.2, 0.25) is 0 Å². The first-order valence-corrected chi connectivity index (χ1v) is 11.1. The lowest BCUT2D eigenvalue weighted by Crippen LogP contribution is -2.51. The van der Waals surface area contributed by atoms with Gasteiger partial charge in [-0.25, -0.2) is 4.79 Å². The van der Waals surface area contributed by atoms with E-state index >= 15 is 0 Å². The number of carbonyl (C=O) groups is 3. The van der Waals surface area contributed by atoms with Gasteiger partial charge in [-0.1, -0.05) is 48.5 Å². The van der Waals surface area contributed by atoms with Gasteiger partial charge in [-0.2, -0.15) is 0 Å². The lowest BCUT2D eigenvalue weighted by molar-refractivity contribution is -0.141. The number of ether oxygens (including phenoxy) is 2. The molecule has 2 aromatic carbocycles. The summed E-state index contributed by atoms with van der Waals surface area (Å²) < 4.78 is 10.7. The van der Waals surface area contributed by atoms with Gasteiger partial charge >= 0.3 is 12.1 Å². The van der Waals surface area contributed by atoms with Crippen LogP contribution in [0.3, 0.4) is 0 Å². The number of likely N-dealkylation sites (tertiary alicyclic amines) is 1. The third-order valence-corrected chi connectivity index (χ3v) is 7.06. The maximum atomic E-state index is 12.9. The van der Waals surface area contributed by atoms with Crippen LogP contribution in [0.4, 0.5) is 4.79 Å². The Morgan fingerprint density at radius 2 is 1.61 bits per heavy atom. The van der Waals surface area contributed by atoms with E-state index in [1.165, 1.54) is 7.11 Å². The van der Waals surface area contributed by atoms with Crippen molar-refractivity contribution in [1.29, 1.82) is 0 Å². The number of nitrogens with zero attached hydrogens (tertiary/aromatic N) is 1. The molecule has 33 heavy (non-hydrogen) atoms. The van der Waals surface area contributed by atoms with Crippen molar-refractivity contribution >= 4 is 18.0 Å². The minimum Gasteiger partial charge on any atom is -0.481 e. The number of piperidine rings is 1. The van der Waals surface area contributed by atoms with Gasteiger partial charge in [0, 0.05) is 26.1 Å². The largest absolute Gasteiger partial charge is 0.481 e. The number of hydrogen-bond donors (Lipinski definition) is 2. The number of carboxylic acids is 1. The van der Waals surface area contributed by atoms with Crippen molar-refractivity contribution in [2.45, 2.75) is 12.0 Å². The van der Waals surface area contributed by atoms with Gasteiger partial charge in [0.15, 0.2) is 0 Å². The molecular weight excluding hydrogens is 424 g/mol. The van der Waals surface area contributed by atoms with E-state index in [0.29, 0.717) is 13.1 Å². The molecule has 2 amide bonds. The summed E-state index contributed by atoms with van der Waals surface area (Å²) in [6, 6.07) is 15.3. The predicted molar refractivity (Wildman–Crippen MR) is 119 cm³/mol. The summed E-state index contributed by atoms with van der Waals surface area (Å²) in [5.41, 5.74) is 4.50. The van der Waals surface area contributed by atoms with Crippen molar-refractivity contribution in [3.05, 3.63) is 59.7 Å². The molecule has 1 saturated heterocycles. The number of carboxylic acid groups (broad SMARTS) is 1. The standard InChI is InChI=1S/C25H26N2O6/c1-32-13-21(23(28)27-10-18-19(11-27)22(18)24(29)30)26-25(31)33-12-20-16-8-4-2-6-14(16)15-7-3-5-9-17(15)20/h2-9,18-22H,10-13H2,1H3,(H,26,31)(H,29,30)/t18-,19+,21?,22?. The number of alkyl carbamates (subject to hydrolysis) is 1. The van der Waals surface area contributed by atoms with Gasteiger partial charge in [0.2, 0.25) is 5.91 Å². The first kappa shape index (κ1) is 21.5. The Morgan fingerprint density at radius 1 is 1.03 bits per heavy atom. The Kier molecular flexibility index (Phi) is 5.54. The van der Waals surface area contributed by atoms with Crippen molar-refractivity contribution in [1.82, 2.24) is 10.2 Å². The molecule has 0 bridgehead atoms. The fourth-order valence-corrected chi connectivity index (χ4v) is 5.42. The van der Waals surface area contributed by atoms with Crippen LogP contribution >= 0.6 is 0 Å². The minimum atomic E-state index is -0.883. The smallest absolute Gasteiger partial charge is 0.407 e. The second-order valence-electron chi connectivity index (χ2n) is 8.91. The molecule has 3 aliphatic rings. The van der Waals surface area contributed by atoms with E-state index in [1.54, 1.807) is 4.90 Å².